The molecule has 136 valence electrons. The number of nitrogens with zero attached hydrogens (tertiary/aromatic N) is 1. The van der Waals surface area contributed by atoms with Gasteiger partial charge in [0.05, 0.1) is 18.1 Å². The number of aryl methyl sites for hydroxylation is 1. The van der Waals surface area contributed by atoms with E-state index in [9.17, 15) is 4.79 Å². The summed E-state index contributed by atoms with van der Waals surface area (Å²) in [6, 6.07) is 15.3. The van der Waals surface area contributed by atoms with E-state index in [1.807, 2.05) is 55.5 Å². The van der Waals surface area contributed by atoms with E-state index in [0.717, 1.165) is 33.4 Å². The molecule has 0 saturated carbocycles. The van der Waals surface area contributed by atoms with E-state index in [1.54, 1.807) is 13.3 Å². The second kappa shape index (κ2) is 6.99. The van der Waals surface area contributed by atoms with Gasteiger partial charge in [-0.25, -0.2) is 4.79 Å². The van der Waals surface area contributed by atoms with E-state index in [2.05, 4.69) is 15.0 Å². The molecule has 0 bridgehead atoms. The molecule has 0 atom stereocenters. The van der Waals surface area contributed by atoms with Crippen molar-refractivity contribution in [2.75, 3.05) is 7.11 Å². The van der Waals surface area contributed by atoms with Gasteiger partial charge in [-0.15, -0.1) is 0 Å². The first-order valence-electron chi connectivity index (χ1n) is 8.58. The van der Waals surface area contributed by atoms with Crippen LogP contribution in [0.4, 0.5) is 0 Å². The van der Waals surface area contributed by atoms with Crippen molar-refractivity contribution in [2.45, 2.75) is 13.5 Å². The van der Waals surface area contributed by atoms with Crippen LogP contribution in [0.3, 0.4) is 0 Å². The third-order valence-electron chi connectivity index (χ3n) is 4.49. The first kappa shape index (κ1) is 16.9. The summed E-state index contributed by atoms with van der Waals surface area (Å²) >= 11 is 0. The van der Waals surface area contributed by atoms with Gasteiger partial charge in [0.2, 0.25) is 0 Å². The minimum Gasteiger partial charge on any atom is -0.497 e. The van der Waals surface area contributed by atoms with Gasteiger partial charge in [-0.05, 0) is 36.8 Å². The van der Waals surface area contributed by atoms with Crippen molar-refractivity contribution in [3.05, 3.63) is 76.5 Å². The van der Waals surface area contributed by atoms with Crippen LogP contribution in [-0.4, -0.2) is 22.1 Å². The molecule has 0 aliphatic heterocycles. The minimum absolute atomic E-state index is 0.233. The zero-order valence-electron chi connectivity index (χ0n) is 15.1. The lowest BCUT2D eigenvalue weighted by Gasteiger charge is -2.12. The van der Waals surface area contributed by atoms with Gasteiger partial charge in [-0.1, -0.05) is 18.2 Å². The summed E-state index contributed by atoms with van der Waals surface area (Å²) in [5.74, 6) is 1.36. The van der Waals surface area contributed by atoms with Crippen LogP contribution in [-0.2, 0) is 6.61 Å². The Morgan fingerprint density at radius 3 is 2.70 bits per heavy atom. The highest BCUT2D eigenvalue weighted by molar-refractivity contribution is 5.92. The quantitative estimate of drug-likeness (QED) is 0.566. The standard InChI is InChI=1S/C21H19N3O3/c1-13-14(5-4-8-22-13)12-27-17-10-15(9-16(11-17)26-2)18-6-3-7-19-20(18)24-21(25)23-19/h3-11H,12H2,1-2H3,(H2,23,24,25). The molecular weight excluding hydrogens is 342 g/mol. The molecule has 0 saturated heterocycles. The average Bonchev–Trinajstić information content (AvgIpc) is 3.07. The number of pyridine rings is 1. The number of hydrogen-bond acceptors (Lipinski definition) is 4. The first-order chi connectivity index (χ1) is 13.1. The average molecular weight is 361 g/mol. The second-order valence-electron chi connectivity index (χ2n) is 6.24. The molecule has 2 N–H and O–H groups in total. The Labute approximate surface area is 155 Å². The van der Waals surface area contributed by atoms with E-state index in [4.69, 9.17) is 9.47 Å². The van der Waals surface area contributed by atoms with Crippen molar-refractivity contribution in [3.63, 3.8) is 0 Å². The molecule has 6 heteroatoms. The fraction of sp³-hybridized carbons (Fsp3) is 0.143. The summed E-state index contributed by atoms with van der Waals surface area (Å²) < 4.78 is 11.4. The van der Waals surface area contributed by atoms with Crippen LogP contribution >= 0.6 is 0 Å². The van der Waals surface area contributed by atoms with Crippen molar-refractivity contribution >= 4 is 11.0 Å². The molecule has 0 fully saturated rings. The molecular formula is C21H19N3O3. The van der Waals surface area contributed by atoms with Crippen LogP contribution in [0.25, 0.3) is 22.2 Å². The summed E-state index contributed by atoms with van der Waals surface area (Å²) in [4.78, 5) is 21.6. The topological polar surface area (TPSA) is 80.0 Å². The Kier molecular flexibility index (Phi) is 4.38. The van der Waals surface area contributed by atoms with Crippen LogP contribution in [0, 0.1) is 6.92 Å². The summed E-state index contributed by atoms with van der Waals surface area (Å²) in [6.07, 6.45) is 1.76. The van der Waals surface area contributed by atoms with Gasteiger partial charge in [-0.2, -0.15) is 0 Å². The Morgan fingerprint density at radius 2 is 1.89 bits per heavy atom. The zero-order valence-corrected chi connectivity index (χ0v) is 15.1. The van der Waals surface area contributed by atoms with Crippen molar-refractivity contribution in [3.8, 4) is 22.6 Å². The van der Waals surface area contributed by atoms with Gasteiger partial charge in [0.25, 0.3) is 0 Å². The summed E-state index contributed by atoms with van der Waals surface area (Å²) in [5.41, 5.74) is 5.04. The number of para-hydroxylation sites is 1. The number of aromatic nitrogens is 3. The van der Waals surface area contributed by atoms with Crippen LogP contribution in [0.2, 0.25) is 0 Å². The molecule has 0 aliphatic carbocycles. The van der Waals surface area contributed by atoms with Gasteiger partial charge in [0.15, 0.2) is 0 Å². The fourth-order valence-corrected chi connectivity index (χ4v) is 3.06. The lowest BCUT2D eigenvalue weighted by molar-refractivity contribution is 0.302. The van der Waals surface area contributed by atoms with Gasteiger partial charge < -0.3 is 19.4 Å². The number of ether oxygens (including phenoxy) is 2. The lowest BCUT2D eigenvalue weighted by atomic mass is 10.0. The highest BCUT2D eigenvalue weighted by atomic mass is 16.5. The van der Waals surface area contributed by atoms with Crippen molar-refractivity contribution in [1.29, 1.82) is 0 Å². The van der Waals surface area contributed by atoms with E-state index in [1.165, 1.54) is 0 Å². The van der Waals surface area contributed by atoms with Crippen molar-refractivity contribution in [2.24, 2.45) is 0 Å². The molecule has 0 radical (unpaired) electrons. The first-order valence-corrected chi connectivity index (χ1v) is 8.58. The molecule has 2 aromatic carbocycles. The third kappa shape index (κ3) is 3.42. The fourth-order valence-electron chi connectivity index (χ4n) is 3.06. The number of benzene rings is 2. The van der Waals surface area contributed by atoms with Crippen LogP contribution in [0.15, 0.2) is 59.5 Å². The van der Waals surface area contributed by atoms with Gasteiger partial charge in [0.1, 0.15) is 18.1 Å². The Hall–Kier alpha value is -3.54. The van der Waals surface area contributed by atoms with Crippen LogP contribution in [0.1, 0.15) is 11.3 Å². The molecule has 0 unspecified atom stereocenters. The monoisotopic (exact) mass is 361 g/mol. The van der Waals surface area contributed by atoms with E-state index in [0.29, 0.717) is 18.1 Å². The molecule has 4 aromatic rings. The predicted molar refractivity (Wildman–Crippen MR) is 104 cm³/mol. The number of imidazole rings is 1. The molecule has 6 nitrogen and oxygen atoms in total. The summed E-state index contributed by atoms with van der Waals surface area (Å²) in [7, 11) is 1.62. The largest absolute Gasteiger partial charge is 0.497 e. The molecule has 0 amide bonds. The van der Waals surface area contributed by atoms with E-state index < -0.39 is 0 Å². The highest BCUT2D eigenvalue weighted by Crippen LogP contribution is 2.33. The number of rotatable bonds is 5. The Bertz CT molecular complexity index is 1160. The number of methoxy groups -OCH3 is 1. The number of fused-ring (bicyclic) bond motifs is 1. The van der Waals surface area contributed by atoms with Crippen molar-refractivity contribution in [1.82, 2.24) is 15.0 Å². The second-order valence-corrected chi connectivity index (χ2v) is 6.24. The number of aromatic amines is 2. The van der Waals surface area contributed by atoms with E-state index >= 15 is 0 Å². The minimum atomic E-state index is -0.233. The smallest absolute Gasteiger partial charge is 0.323 e. The SMILES string of the molecule is COc1cc(OCc2cccnc2C)cc(-c2cccc3[nH]c(=O)[nH]c23)c1. The maximum Gasteiger partial charge on any atom is 0.323 e. The number of hydrogen-bond donors (Lipinski definition) is 2. The van der Waals surface area contributed by atoms with Gasteiger partial charge >= 0.3 is 5.69 Å². The van der Waals surface area contributed by atoms with E-state index in [-0.39, 0.29) is 5.69 Å². The Balaban J connectivity index is 1.72. The molecule has 2 heterocycles. The summed E-state index contributed by atoms with van der Waals surface area (Å²) in [6.45, 7) is 2.37. The summed E-state index contributed by atoms with van der Waals surface area (Å²) in [5, 5.41) is 0. The van der Waals surface area contributed by atoms with Crippen LogP contribution in [0.5, 0.6) is 11.5 Å². The number of nitrogens with one attached hydrogen (secondary N) is 2. The predicted octanol–water partition coefficient (Wildman–Crippen LogP) is 3.81. The zero-order chi connectivity index (χ0) is 18.8. The van der Waals surface area contributed by atoms with Gasteiger partial charge in [-0.3, -0.25) is 4.98 Å². The van der Waals surface area contributed by atoms with Gasteiger partial charge in [0, 0.05) is 29.1 Å². The van der Waals surface area contributed by atoms with Crippen molar-refractivity contribution < 1.29 is 9.47 Å². The van der Waals surface area contributed by atoms with Crippen LogP contribution < -0.4 is 15.2 Å². The molecule has 0 spiro atoms. The molecule has 4 rings (SSSR count). The molecule has 0 aliphatic rings. The molecule has 2 aromatic heterocycles. The Morgan fingerprint density at radius 1 is 1.04 bits per heavy atom. The maximum atomic E-state index is 11.7. The lowest BCUT2D eigenvalue weighted by Crippen LogP contribution is -2.00. The highest BCUT2D eigenvalue weighted by Gasteiger charge is 2.10. The third-order valence-corrected chi connectivity index (χ3v) is 4.49. The maximum absolute atomic E-state index is 11.7. The number of H-pyrrole nitrogens is 2. The normalized spacial score (nSPS) is 10.9. The molecule has 27 heavy (non-hydrogen) atoms.